The van der Waals surface area contributed by atoms with Gasteiger partial charge >= 0.3 is 12.3 Å². The van der Waals surface area contributed by atoms with Crippen molar-refractivity contribution in [3.8, 4) is 5.75 Å². The van der Waals surface area contributed by atoms with Crippen LogP contribution in [-0.2, 0) is 0 Å². The molecular weight excluding hydrogens is 309 g/mol. The zero-order chi connectivity index (χ0) is 15.6. The monoisotopic (exact) mass is 318 g/mol. The zero-order valence-electron chi connectivity index (χ0n) is 10.6. The van der Waals surface area contributed by atoms with Gasteiger partial charge in [0.2, 0.25) is 0 Å². The maximum atomic E-state index is 12.1. The quantitative estimate of drug-likeness (QED) is 0.897. The highest BCUT2D eigenvalue weighted by atomic mass is 32.1. The fraction of sp³-hybridized carbons (Fsp3) is 0.167. The third-order valence-electron chi connectivity index (χ3n) is 2.31. The number of carbonyl (C=O) groups is 1. The van der Waals surface area contributed by atoms with Gasteiger partial charge in [-0.2, -0.15) is 0 Å². The standard InChI is InChI=1S/C12H9F3N2O3S/c1-6-9(10(18)19)21-11(16-6)17-7-3-2-4-8(5-7)20-12(13,14)15/h2-5H,1H3,(H,16,17)(H,18,19). The average molecular weight is 318 g/mol. The molecule has 5 nitrogen and oxygen atoms in total. The molecule has 1 aromatic heterocycles. The summed E-state index contributed by atoms with van der Waals surface area (Å²) in [6, 6.07) is 5.20. The lowest BCUT2D eigenvalue weighted by Crippen LogP contribution is -2.17. The molecule has 0 atom stereocenters. The second kappa shape index (κ2) is 5.60. The van der Waals surface area contributed by atoms with Gasteiger partial charge in [-0.25, -0.2) is 9.78 Å². The predicted molar refractivity (Wildman–Crippen MR) is 70.2 cm³/mol. The zero-order valence-corrected chi connectivity index (χ0v) is 11.4. The molecule has 0 saturated heterocycles. The number of thiazole rings is 1. The minimum absolute atomic E-state index is 0.0696. The van der Waals surface area contributed by atoms with Gasteiger partial charge in [-0.1, -0.05) is 17.4 Å². The van der Waals surface area contributed by atoms with Crippen molar-refractivity contribution in [2.75, 3.05) is 5.32 Å². The molecule has 0 spiro atoms. The number of ether oxygens (including phenoxy) is 1. The van der Waals surface area contributed by atoms with Crippen LogP contribution in [0.15, 0.2) is 24.3 Å². The summed E-state index contributed by atoms with van der Waals surface area (Å²) in [6.07, 6.45) is -4.77. The number of carboxylic acids is 1. The third kappa shape index (κ3) is 4.09. The largest absolute Gasteiger partial charge is 0.573 e. The molecule has 0 saturated carbocycles. The molecule has 0 radical (unpaired) electrons. The van der Waals surface area contributed by atoms with E-state index in [4.69, 9.17) is 5.11 Å². The first-order valence-electron chi connectivity index (χ1n) is 5.58. The van der Waals surface area contributed by atoms with Crippen LogP contribution in [0, 0.1) is 6.92 Å². The van der Waals surface area contributed by atoms with Gasteiger partial charge < -0.3 is 15.2 Å². The molecule has 0 bridgehead atoms. The summed E-state index contributed by atoms with van der Waals surface area (Å²) in [5.41, 5.74) is 0.639. The molecule has 0 aliphatic carbocycles. The Labute approximate surface area is 121 Å². The van der Waals surface area contributed by atoms with Crippen LogP contribution in [0.2, 0.25) is 0 Å². The lowest BCUT2D eigenvalue weighted by molar-refractivity contribution is -0.274. The van der Waals surface area contributed by atoms with Gasteiger partial charge in [0.25, 0.3) is 0 Å². The maximum Gasteiger partial charge on any atom is 0.573 e. The summed E-state index contributed by atoms with van der Waals surface area (Å²) in [4.78, 5) is 15.0. The molecule has 1 aromatic carbocycles. The van der Waals surface area contributed by atoms with Gasteiger partial charge in [0.05, 0.1) is 5.69 Å². The smallest absolute Gasteiger partial charge is 0.477 e. The normalized spacial score (nSPS) is 11.2. The number of hydrogen-bond acceptors (Lipinski definition) is 5. The molecule has 2 aromatic rings. The van der Waals surface area contributed by atoms with Gasteiger partial charge in [-0.15, -0.1) is 13.2 Å². The first kappa shape index (κ1) is 15.1. The SMILES string of the molecule is Cc1nc(Nc2cccc(OC(F)(F)F)c2)sc1C(=O)O. The maximum absolute atomic E-state index is 12.1. The van der Waals surface area contributed by atoms with Crippen molar-refractivity contribution >= 4 is 28.1 Å². The molecule has 2 N–H and O–H groups in total. The highest BCUT2D eigenvalue weighted by Gasteiger charge is 2.31. The minimum atomic E-state index is -4.77. The van der Waals surface area contributed by atoms with E-state index in [1.54, 1.807) is 0 Å². The average Bonchev–Trinajstić information content (AvgIpc) is 2.68. The number of hydrogen-bond donors (Lipinski definition) is 2. The summed E-state index contributed by atoms with van der Waals surface area (Å²) in [6.45, 7) is 1.54. The fourth-order valence-corrected chi connectivity index (χ4v) is 2.37. The number of aromatic carboxylic acids is 1. The number of aryl methyl sites for hydroxylation is 1. The summed E-state index contributed by atoms with van der Waals surface area (Å²) in [5.74, 6) is -1.48. The van der Waals surface area contributed by atoms with Gasteiger partial charge in [0.1, 0.15) is 10.6 Å². The summed E-state index contributed by atoms with van der Waals surface area (Å²) in [7, 11) is 0. The lowest BCUT2D eigenvalue weighted by Gasteiger charge is -2.10. The van der Waals surface area contributed by atoms with Crippen LogP contribution in [0.4, 0.5) is 24.0 Å². The van der Waals surface area contributed by atoms with Crippen LogP contribution in [0.25, 0.3) is 0 Å². The molecule has 1 heterocycles. The molecule has 112 valence electrons. The number of nitrogens with zero attached hydrogens (tertiary/aromatic N) is 1. The molecule has 21 heavy (non-hydrogen) atoms. The molecule has 0 amide bonds. The molecule has 0 aliphatic heterocycles. The van der Waals surface area contributed by atoms with Crippen LogP contribution in [0.3, 0.4) is 0 Å². The number of halogens is 3. The molecule has 0 unspecified atom stereocenters. The highest BCUT2D eigenvalue weighted by molar-refractivity contribution is 7.17. The van der Waals surface area contributed by atoms with E-state index in [0.717, 1.165) is 23.5 Å². The molecule has 2 rings (SSSR count). The van der Waals surface area contributed by atoms with Gasteiger partial charge in [-0.05, 0) is 19.1 Å². The van der Waals surface area contributed by atoms with E-state index in [2.05, 4.69) is 15.0 Å². The highest BCUT2D eigenvalue weighted by Crippen LogP contribution is 2.29. The molecular formula is C12H9F3N2O3S. The van der Waals surface area contributed by atoms with Crippen molar-refractivity contribution in [1.29, 1.82) is 0 Å². The van der Waals surface area contributed by atoms with E-state index in [1.807, 2.05) is 0 Å². The Morgan fingerprint density at radius 1 is 1.43 bits per heavy atom. The Kier molecular flexibility index (Phi) is 4.03. The van der Waals surface area contributed by atoms with Crippen molar-refractivity contribution in [2.24, 2.45) is 0 Å². The second-order valence-corrected chi connectivity index (χ2v) is 4.94. The molecule has 0 aliphatic rings. The number of benzene rings is 1. The van der Waals surface area contributed by atoms with Crippen molar-refractivity contribution < 1.29 is 27.8 Å². The Balaban J connectivity index is 2.18. The van der Waals surface area contributed by atoms with Crippen LogP contribution >= 0.6 is 11.3 Å². The van der Waals surface area contributed by atoms with Crippen molar-refractivity contribution in [3.63, 3.8) is 0 Å². The van der Waals surface area contributed by atoms with Crippen LogP contribution in [0.5, 0.6) is 5.75 Å². The van der Waals surface area contributed by atoms with Crippen LogP contribution in [0.1, 0.15) is 15.4 Å². The number of anilines is 2. The Morgan fingerprint density at radius 2 is 2.14 bits per heavy atom. The third-order valence-corrected chi connectivity index (χ3v) is 3.37. The Hall–Kier alpha value is -2.29. The van der Waals surface area contributed by atoms with Crippen molar-refractivity contribution in [1.82, 2.24) is 4.98 Å². The summed E-state index contributed by atoms with van der Waals surface area (Å²) in [5, 5.41) is 11.9. The second-order valence-electron chi connectivity index (χ2n) is 3.94. The Bertz CT molecular complexity index is 670. The van der Waals surface area contributed by atoms with Gasteiger partial charge in [0, 0.05) is 11.8 Å². The number of alkyl halides is 3. The number of nitrogens with one attached hydrogen (secondary N) is 1. The van der Waals surface area contributed by atoms with Gasteiger partial charge in [-0.3, -0.25) is 0 Å². The fourth-order valence-electron chi connectivity index (χ4n) is 1.54. The lowest BCUT2D eigenvalue weighted by atomic mass is 10.3. The van der Waals surface area contributed by atoms with Crippen LogP contribution < -0.4 is 10.1 Å². The van der Waals surface area contributed by atoms with E-state index in [0.29, 0.717) is 11.4 Å². The topological polar surface area (TPSA) is 71.5 Å². The Morgan fingerprint density at radius 3 is 2.71 bits per heavy atom. The van der Waals surface area contributed by atoms with E-state index in [-0.39, 0.29) is 15.8 Å². The number of carboxylic acid groups (broad SMARTS) is 1. The predicted octanol–water partition coefficient (Wildman–Crippen LogP) is 3.79. The first-order valence-corrected chi connectivity index (χ1v) is 6.40. The van der Waals surface area contributed by atoms with E-state index in [9.17, 15) is 18.0 Å². The van der Waals surface area contributed by atoms with Crippen molar-refractivity contribution in [3.05, 3.63) is 34.8 Å². The molecule has 9 heteroatoms. The first-order chi connectivity index (χ1) is 9.74. The van der Waals surface area contributed by atoms with Gasteiger partial charge in [0.15, 0.2) is 5.13 Å². The van der Waals surface area contributed by atoms with Crippen molar-refractivity contribution in [2.45, 2.75) is 13.3 Å². The van der Waals surface area contributed by atoms with E-state index < -0.39 is 12.3 Å². The number of aromatic nitrogens is 1. The van der Waals surface area contributed by atoms with E-state index >= 15 is 0 Å². The van der Waals surface area contributed by atoms with Crippen LogP contribution in [-0.4, -0.2) is 22.4 Å². The summed E-state index contributed by atoms with van der Waals surface area (Å²) < 4.78 is 40.2. The number of rotatable bonds is 4. The van der Waals surface area contributed by atoms with E-state index in [1.165, 1.54) is 19.1 Å². The summed E-state index contributed by atoms with van der Waals surface area (Å²) >= 11 is 0.897. The molecule has 0 fully saturated rings. The minimum Gasteiger partial charge on any atom is -0.477 e.